The average Bonchev–Trinajstić information content (AvgIpc) is 2.61. The number of carboxylic acid groups (broad SMARTS) is 1. The first-order chi connectivity index (χ1) is 12.3. The number of fused-ring (bicyclic) bond motifs is 1. The Hall–Kier alpha value is -2.11. The van der Waals surface area contributed by atoms with Crippen molar-refractivity contribution in [3.8, 4) is 0 Å². The molecule has 0 amide bonds. The fourth-order valence-electron chi connectivity index (χ4n) is 4.24. The van der Waals surface area contributed by atoms with Gasteiger partial charge in [0.2, 0.25) is 0 Å². The molecule has 1 aliphatic carbocycles. The van der Waals surface area contributed by atoms with Crippen molar-refractivity contribution in [2.45, 2.75) is 51.1 Å². The summed E-state index contributed by atoms with van der Waals surface area (Å²) in [6, 6.07) is 5.48. The van der Waals surface area contributed by atoms with Gasteiger partial charge in [0.25, 0.3) is 0 Å². The highest BCUT2D eigenvalue weighted by molar-refractivity contribution is 5.83. The lowest BCUT2D eigenvalue weighted by atomic mass is 9.72. The molecule has 2 aromatic rings. The molecule has 1 N–H and O–H groups in total. The van der Waals surface area contributed by atoms with Crippen LogP contribution in [0.25, 0.3) is 10.9 Å². The number of aromatic nitrogens is 1. The van der Waals surface area contributed by atoms with E-state index in [1.807, 2.05) is 13.0 Å². The molecule has 0 saturated heterocycles. The van der Waals surface area contributed by atoms with Gasteiger partial charge < -0.3 is 5.11 Å². The van der Waals surface area contributed by atoms with Gasteiger partial charge in [-0.1, -0.05) is 6.92 Å². The summed E-state index contributed by atoms with van der Waals surface area (Å²) in [5.74, 6) is -0.791. The van der Waals surface area contributed by atoms with Crippen LogP contribution in [0.3, 0.4) is 0 Å². The van der Waals surface area contributed by atoms with Crippen LogP contribution >= 0.6 is 0 Å². The minimum Gasteiger partial charge on any atom is -0.481 e. The van der Waals surface area contributed by atoms with Crippen molar-refractivity contribution >= 4 is 16.9 Å². The van der Waals surface area contributed by atoms with Crippen molar-refractivity contribution in [1.29, 1.82) is 0 Å². The third-order valence-corrected chi connectivity index (χ3v) is 5.64. The predicted octanol–water partition coefficient (Wildman–Crippen LogP) is 5.64. The Morgan fingerprint density at radius 3 is 2.50 bits per heavy atom. The molecule has 1 aromatic heterocycles. The molecule has 1 heterocycles. The van der Waals surface area contributed by atoms with Crippen LogP contribution < -0.4 is 0 Å². The molecule has 1 unspecified atom stereocenters. The van der Waals surface area contributed by atoms with Gasteiger partial charge in [-0.2, -0.15) is 13.2 Å². The van der Waals surface area contributed by atoms with Gasteiger partial charge in [0, 0.05) is 11.6 Å². The zero-order valence-electron chi connectivity index (χ0n) is 14.6. The van der Waals surface area contributed by atoms with E-state index >= 15 is 0 Å². The Balaban J connectivity index is 1.86. The monoisotopic (exact) mass is 365 g/mol. The second-order valence-corrected chi connectivity index (χ2v) is 7.09. The molecule has 1 aromatic carbocycles. The van der Waals surface area contributed by atoms with Crippen molar-refractivity contribution < 1.29 is 23.1 Å². The Morgan fingerprint density at radius 1 is 1.23 bits per heavy atom. The highest BCUT2D eigenvalue weighted by atomic mass is 19.4. The molecule has 6 heteroatoms. The quantitative estimate of drug-likeness (QED) is 0.763. The highest BCUT2D eigenvalue weighted by Crippen LogP contribution is 2.42. The first-order valence-electron chi connectivity index (χ1n) is 9.00. The lowest BCUT2D eigenvalue weighted by molar-refractivity contribution is -0.144. The second kappa shape index (κ2) is 7.25. The lowest BCUT2D eigenvalue weighted by Gasteiger charge is -2.32. The minimum absolute atomic E-state index is 0.145. The second-order valence-electron chi connectivity index (χ2n) is 7.09. The largest absolute Gasteiger partial charge is 0.481 e. The van der Waals surface area contributed by atoms with E-state index in [1.54, 1.807) is 6.20 Å². The summed E-state index contributed by atoms with van der Waals surface area (Å²) >= 11 is 0. The molecule has 3 rings (SSSR count). The van der Waals surface area contributed by atoms with Crippen molar-refractivity contribution in [3.63, 3.8) is 0 Å². The summed E-state index contributed by atoms with van der Waals surface area (Å²) in [6.07, 6.45) is 1.04. The van der Waals surface area contributed by atoms with E-state index in [2.05, 4.69) is 4.98 Å². The van der Waals surface area contributed by atoms with E-state index < -0.39 is 17.7 Å². The molecule has 0 aliphatic heterocycles. The van der Waals surface area contributed by atoms with E-state index in [0.717, 1.165) is 37.3 Å². The molecule has 1 fully saturated rings. The van der Waals surface area contributed by atoms with Gasteiger partial charge >= 0.3 is 12.1 Å². The Labute approximate surface area is 150 Å². The molecule has 0 bridgehead atoms. The summed E-state index contributed by atoms with van der Waals surface area (Å²) < 4.78 is 39.2. The fraction of sp³-hybridized carbons (Fsp3) is 0.500. The standard InChI is InChI=1S/C20H22F3NO2/c1-2-15(19(25)26)12-3-5-13(6-4-12)16-9-10-24-18-8-7-14(11-17(16)18)20(21,22)23/h7-13,15H,2-6H2,1H3,(H,25,26)/t12-,13-,15?. The molecular weight excluding hydrogens is 343 g/mol. The van der Waals surface area contributed by atoms with E-state index in [-0.39, 0.29) is 17.8 Å². The molecule has 26 heavy (non-hydrogen) atoms. The Kier molecular flexibility index (Phi) is 5.21. The first-order valence-corrected chi connectivity index (χ1v) is 9.00. The van der Waals surface area contributed by atoms with Gasteiger partial charge in [-0.3, -0.25) is 9.78 Å². The van der Waals surface area contributed by atoms with Gasteiger partial charge in [0.15, 0.2) is 0 Å². The molecule has 1 atom stereocenters. The van der Waals surface area contributed by atoms with E-state index in [9.17, 15) is 23.1 Å². The van der Waals surface area contributed by atoms with E-state index in [4.69, 9.17) is 0 Å². The third kappa shape index (κ3) is 3.69. The summed E-state index contributed by atoms with van der Waals surface area (Å²) in [5, 5.41) is 9.89. The van der Waals surface area contributed by atoms with Crippen molar-refractivity contribution in [2.24, 2.45) is 11.8 Å². The maximum Gasteiger partial charge on any atom is 0.416 e. The lowest BCUT2D eigenvalue weighted by Crippen LogP contribution is -2.26. The van der Waals surface area contributed by atoms with Gasteiger partial charge in [-0.05, 0) is 73.8 Å². The van der Waals surface area contributed by atoms with Crippen LogP contribution in [0.15, 0.2) is 30.5 Å². The molecule has 0 spiro atoms. The summed E-state index contributed by atoms with van der Waals surface area (Å²) in [5.41, 5.74) is 0.794. The number of rotatable bonds is 4. The Bertz CT molecular complexity index is 795. The third-order valence-electron chi connectivity index (χ3n) is 5.64. The van der Waals surface area contributed by atoms with Gasteiger partial charge in [0.05, 0.1) is 17.0 Å². The molecule has 1 aliphatic rings. The van der Waals surface area contributed by atoms with Gasteiger partial charge in [-0.15, -0.1) is 0 Å². The van der Waals surface area contributed by atoms with Crippen LogP contribution in [-0.2, 0) is 11.0 Å². The number of benzene rings is 1. The average molecular weight is 365 g/mol. The van der Waals surface area contributed by atoms with Crippen LogP contribution in [0.1, 0.15) is 56.1 Å². The normalized spacial score (nSPS) is 22.3. The predicted molar refractivity (Wildman–Crippen MR) is 92.9 cm³/mol. The zero-order chi connectivity index (χ0) is 18.9. The molecule has 1 saturated carbocycles. The molecule has 0 radical (unpaired) electrons. The van der Waals surface area contributed by atoms with E-state index in [1.165, 1.54) is 12.1 Å². The number of halogens is 3. The molecule has 3 nitrogen and oxygen atoms in total. The molecule has 140 valence electrons. The minimum atomic E-state index is -4.38. The number of carboxylic acids is 1. The van der Waals surface area contributed by atoms with Crippen LogP contribution in [0, 0.1) is 11.8 Å². The number of nitrogens with zero attached hydrogens (tertiary/aromatic N) is 1. The van der Waals surface area contributed by atoms with Crippen molar-refractivity contribution in [2.75, 3.05) is 0 Å². The summed E-state index contributed by atoms with van der Waals surface area (Å²) in [4.78, 5) is 15.6. The van der Waals surface area contributed by atoms with Gasteiger partial charge in [-0.25, -0.2) is 0 Å². The van der Waals surface area contributed by atoms with Crippen LogP contribution in [0.2, 0.25) is 0 Å². The van der Waals surface area contributed by atoms with Crippen molar-refractivity contribution in [3.05, 3.63) is 41.6 Å². The number of alkyl halides is 3. The maximum atomic E-state index is 13.1. The van der Waals surface area contributed by atoms with Crippen molar-refractivity contribution in [1.82, 2.24) is 4.98 Å². The van der Waals surface area contributed by atoms with Crippen LogP contribution in [0.4, 0.5) is 13.2 Å². The van der Waals surface area contributed by atoms with Crippen LogP contribution in [0.5, 0.6) is 0 Å². The van der Waals surface area contributed by atoms with E-state index in [0.29, 0.717) is 17.3 Å². The summed E-state index contributed by atoms with van der Waals surface area (Å²) in [7, 11) is 0. The van der Waals surface area contributed by atoms with Gasteiger partial charge in [0.1, 0.15) is 0 Å². The fourth-order valence-corrected chi connectivity index (χ4v) is 4.24. The first kappa shape index (κ1) is 18.7. The SMILES string of the molecule is CCC(C(=O)O)[C@H]1CC[C@H](c2ccnc3ccc(C(F)(F)F)cc32)CC1. The number of pyridine rings is 1. The number of hydrogen-bond acceptors (Lipinski definition) is 2. The van der Waals surface area contributed by atoms with Crippen LogP contribution in [-0.4, -0.2) is 16.1 Å². The smallest absolute Gasteiger partial charge is 0.416 e. The number of aliphatic carboxylic acids is 1. The highest BCUT2D eigenvalue weighted by Gasteiger charge is 2.33. The Morgan fingerprint density at radius 2 is 1.92 bits per heavy atom. The maximum absolute atomic E-state index is 13.1. The zero-order valence-corrected chi connectivity index (χ0v) is 14.6. The topological polar surface area (TPSA) is 50.2 Å². The summed E-state index contributed by atoms with van der Waals surface area (Å²) in [6.45, 7) is 1.89. The number of hydrogen-bond donors (Lipinski definition) is 1. The molecular formula is C20H22F3NO2. The number of carbonyl (C=O) groups is 1.